The molecule has 0 saturated carbocycles. The minimum Gasteiger partial charge on any atom is -0.497 e. The molecular formula is C15H14ClFO2. The molecule has 4 heteroatoms. The molecule has 0 heterocycles. The maximum Gasteiger partial charge on any atom is 0.125 e. The maximum absolute atomic E-state index is 13.3. The SMILES string of the molecule is COc1ccc(C(O)c2cc(F)cc(Cl)c2)c(C)c1. The number of aryl methyl sites for hydroxylation is 1. The summed E-state index contributed by atoms with van der Waals surface area (Å²) < 4.78 is 18.4. The lowest BCUT2D eigenvalue weighted by Gasteiger charge is -2.15. The molecule has 1 N–H and O–H groups in total. The van der Waals surface area contributed by atoms with Gasteiger partial charge in [-0.25, -0.2) is 4.39 Å². The smallest absolute Gasteiger partial charge is 0.125 e. The summed E-state index contributed by atoms with van der Waals surface area (Å²) in [6, 6.07) is 9.38. The summed E-state index contributed by atoms with van der Waals surface area (Å²) in [5.41, 5.74) is 1.99. The standard InChI is InChI=1S/C15H14ClFO2/c1-9-5-13(19-2)3-4-14(9)15(18)10-6-11(16)8-12(17)7-10/h3-8,15,18H,1-2H3. The molecule has 0 spiro atoms. The third-order valence-electron chi connectivity index (χ3n) is 2.97. The first-order valence-corrected chi connectivity index (χ1v) is 6.17. The summed E-state index contributed by atoms with van der Waals surface area (Å²) in [7, 11) is 1.58. The van der Waals surface area contributed by atoms with Crippen molar-refractivity contribution in [2.45, 2.75) is 13.0 Å². The molecule has 0 bridgehead atoms. The summed E-state index contributed by atoms with van der Waals surface area (Å²) in [5, 5.41) is 10.6. The molecule has 0 aliphatic carbocycles. The molecule has 100 valence electrons. The van der Waals surface area contributed by atoms with Gasteiger partial charge in [0.05, 0.1) is 7.11 Å². The van der Waals surface area contributed by atoms with Crippen LogP contribution in [0.4, 0.5) is 4.39 Å². The molecule has 0 aliphatic heterocycles. The lowest BCUT2D eigenvalue weighted by Crippen LogP contribution is -2.03. The Morgan fingerprint density at radius 1 is 1.21 bits per heavy atom. The van der Waals surface area contributed by atoms with Crippen molar-refractivity contribution in [1.82, 2.24) is 0 Å². The highest BCUT2D eigenvalue weighted by Crippen LogP contribution is 2.29. The Morgan fingerprint density at radius 3 is 2.53 bits per heavy atom. The molecule has 0 amide bonds. The summed E-state index contributed by atoms with van der Waals surface area (Å²) in [4.78, 5) is 0. The van der Waals surface area contributed by atoms with Crippen LogP contribution in [0.2, 0.25) is 5.02 Å². The van der Waals surface area contributed by atoms with Crippen molar-refractivity contribution in [3.8, 4) is 5.75 Å². The highest BCUT2D eigenvalue weighted by Gasteiger charge is 2.15. The number of ether oxygens (including phenoxy) is 1. The second-order valence-electron chi connectivity index (χ2n) is 4.33. The van der Waals surface area contributed by atoms with E-state index in [1.165, 1.54) is 12.1 Å². The first-order chi connectivity index (χ1) is 9.01. The molecule has 0 aromatic heterocycles. The number of halogens is 2. The van der Waals surface area contributed by atoms with Crippen molar-refractivity contribution < 1.29 is 14.2 Å². The van der Waals surface area contributed by atoms with Crippen molar-refractivity contribution in [3.63, 3.8) is 0 Å². The highest BCUT2D eigenvalue weighted by atomic mass is 35.5. The lowest BCUT2D eigenvalue weighted by molar-refractivity contribution is 0.219. The predicted octanol–water partition coefficient (Wildman–Crippen LogP) is 3.88. The first kappa shape index (κ1) is 13.8. The minimum absolute atomic E-state index is 0.264. The van der Waals surface area contributed by atoms with E-state index in [9.17, 15) is 9.50 Å². The molecule has 0 saturated heterocycles. The normalized spacial score (nSPS) is 12.3. The van der Waals surface area contributed by atoms with Gasteiger partial charge in [-0.3, -0.25) is 0 Å². The van der Waals surface area contributed by atoms with E-state index in [1.54, 1.807) is 25.3 Å². The van der Waals surface area contributed by atoms with Crippen LogP contribution in [0.15, 0.2) is 36.4 Å². The molecule has 0 aliphatic rings. The van der Waals surface area contributed by atoms with E-state index in [0.29, 0.717) is 16.9 Å². The number of benzene rings is 2. The zero-order chi connectivity index (χ0) is 14.0. The van der Waals surface area contributed by atoms with Gasteiger partial charge in [0.25, 0.3) is 0 Å². The molecule has 19 heavy (non-hydrogen) atoms. The Hall–Kier alpha value is -1.58. The van der Waals surface area contributed by atoms with E-state index in [0.717, 1.165) is 5.56 Å². The van der Waals surface area contributed by atoms with Gasteiger partial charge in [0.2, 0.25) is 0 Å². The second-order valence-corrected chi connectivity index (χ2v) is 4.76. The minimum atomic E-state index is -0.917. The zero-order valence-corrected chi connectivity index (χ0v) is 11.4. The van der Waals surface area contributed by atoms with Crippen LogP contribution >= 0.6 is 11.6 Å². The van der Waals surface area contributed by atoms with Crippen LogP contribution in [0.3, 0.4) is 0 Å². The number of aliphatic hydroxyl groups is 1. The van der Waals surface area contributed by atoms with Gasteiger partial charge in [-0.2, -0.15) is 0 Å². The van der Waals surface area contributed by atoms with Crippen LogP contribution in [0.25, 0.3) is 0 Å². The highest BCUT2D eigenvalue weighted by molar-refractivity contribution is 6.30. The molecule has 0 radical (unpaired) electrons. The number of methoxy groups -OCH3 is 1. The van der Waals surface area contributed by atoms with Crippen LogP contribution in [0.5, 0.6) is 5.75 Å². The third-order valence-corrected chi connectivity index (χ3v) is 3.19. The molecule has 2 aromatic rings. The van der Waals surface area contributed by atoms with E-state index < -0.39 is 11.9 Å². The van der Waals surface area contributed by atoms with E-state index in [2.05, 4.69) is 0 Å². The Kier molecular flexibility index (Phi) is 4.08. The Labute approximate surface area is 116 Å². The summed E-state index contributed by atoms with van der Waals surface area (Å²) in [6.45, 7) is 1.86. The van der Waals surface area contributed by atoms with Gasteiger partial charge in [-0.1, -0.05) is 17.7 Å². The van der Waals surface area contributed by atoms with Crippen molar-refractivity contribution in [2.75, 3.05) is 7.11 Å². The average Bonchev–Trinajstić information content (AvgIpc) is 2.36. The number of aliphatic hydroxyl groups excluding tert-OH is 1. The van der Waals surface area contributed by atoms with Gasteiger partial charge >= 0.3 is 0 Å². The van der Waals surface area contributed by atoms with E-state index in [4.69, 9.17) is 16.3 Å². The molecule has 2 aromatic carbocycles. The monoisotopic (exact) mass is 280 g/mol. The Morgan fingerprint density at radius 2 is 1.95 bits per heavy atom. The van der Waals surface area contributed by atoms with Gasteiger partial charge in [0, 0.05) is 5.02 Å². The van der Waals surface area contributed by atoms with Gasteiger partial charge in [0.15, 0.2) is 0 Å². The maximum atomic E-state index is 13.3. The van der Waals surface area contributed by atoms with Gasteiger partial charge in [-0.15, -0.1) is 0 Å². The van der Waals surface area contributed by atoms with Crippen molar-refractivity contribution in [3.05, 3.63) is 63.9 Å². The van der Waals surface area contributed by atoms with Crippen LogP contribution in [0.1, 0.15) is 22.8 Å². The molecule has 2 rings (SSSR count). The van der Waals surface area contributed by atoms with Gasteiger partial charge in [0.1, 0.15) is 17.7 Å². The first-order valence-electron chi connectivity index (χ1n) is 5.80. The van der Waals surface area contributed by atoms with Crippen LogP contribution in [0, 0.1) is 12.7 Å². The van der Waals surface area contributed by atoms with Crippen molar-refractivity contribution in [1.29, 1.82) is 0 Å². The Bertz CT molecular complexity index is 578. The van der Waals surface area contributed by atoms with Gasteiger partial charge < -0.3 is 9.84 Å². The number of hydrogen-bond acceptors (Lipinski definition) is 2. The topological polar surface area (TPSA) is 29.5 Å². The van der Waals surface area contributed by atoms with Crippen LogP contribution in [-0.4, -0.2) is 12.2 Å². The number of rotatable bonds is 3. The lowest BCUT2D eigenvalue weighted by atomic mass is 9.97. The van der Waals surface area contributed by atoms with E-state index in [1.807, 2.05) is 13.0 Å². The van der Waals surface area contributed by atoms with Crippen molar-refractivity contribution in [2.24, 2.45) is 0 Å². The fourth-order valence-electron chi connectivity index (χ4n) is 1.99. The molecular weight excluding hydrogens is 267 g/mol. The average molecular weight is 281 g/mol. The van der Waals surface area contributed by atoms with Crippen LogP contribution in [-0.2, 0) is 0 Å². The molecule has 2 nitrogen and oxygen atoms in total. The van der Waals surface area contributed by atoms with Gasteiger partial charge in [-0.05, 0) is 53.9 Å². The summed E-state index contributed by atoms with van der Waals surface area (Å²) in [6.07, 6.45) is -0.917. The Balaban J connectivity index is 2.40. The fourth-order valence-corrected chi connectivity index (χ4v) is 2.22. The zero-order valence-electron chi connectivity index (χ0n) is 10.7. The molecule has 0 fully saturated rings. The van der Waals surface area contributed by atoms with E-state index >= 15 is 0 Å². The second kappa shape index (κ2) is 5.59. The largest absolute Gasteiger partial charge is 0.497 e. The number of hydrogen-bond donors (Lipinski definition) is 1. The third kappa shape index (κ3) is 3.06. The predicted molar refractivity (Wildman–Crippen MR) is 73.2 cm³/mol. The fraction of sp³-hybridized carbons (Fsp3) is 0.200. The molecule has 1 atom stereocenters. The summed E-state index contributed by atoms with van der Waals surface area (Å²) in [5.74, 6) is 0.249. The van der Waals surface area contributed by atoms with Crippen LogP contribution < -0.4 is 4.74 Å². The molecule has 1 unspecified atom stereocenters. The van der Waals surface area contributed by atoms with E-state index in [-0.39, 0.29) is 5.02 Å². The quantitative estimate of drug-likeness (QED) is 0.924. The summed E-state index contributed by atoms with van der Waals surface area (Å²) >= 11 is 5.80. The van der Waals surface area contributed by atoms with Crippen molar-refractivity contribution >= 4 is 11.6 Å².